The first kappa shape index (κ1) is 16.3. The second-order valence-corrected chi connectivity index (χ2v) is 7.03. The SMILES string of the molecule is CC1CN(c2ncnc3c2cnn3CCNC(=O)C2CC2)CC(C)O1. The molecule has 1 saturated heterocycles. The second kappa shape index (κ2) is 6.59. The van der Waals surface area contributed by atoms with E-state index in [1.54, 1.807) is 6.33 Å². The van der Waals surface area contributed by atoms with Crippen LogP contribution in [0.2, 0.25) is 0 Å². The lowest BCUT2D eigenvalue weighted by atomic mass is 10.2. The summed E-state index contributed by atoms with van der Waals surface area (Å²) in [7, 11) is 0. The minimum Gasteiger partial charge on any atom is -0.372 e. The molecule has 2 aromatic rings. The first-order valence-electron chi connectivity index (χ1n) is 8.96. The zero-order chi connectivity index (χ0) is 17.4. The van der Waals surface area contributed by atoms with E-state index in [1.807, 2.05) is 10.9 Å². The van der Waals surface area contributed by atoms with Gasteiger partial charge in [-0.15, -0.1) is 0 Å². The topological polar surface area (TPSA) is 85.2 Å². The summed E-state index contributed by atoms with van der Waals surface area (Å²) in [4.78, 5) is 22.9. The maximum absolute atomic E-state index is 11.7. The molecule has 8 nitrogen and oxygen atoms in total. The van der Waals surface area contributed by atoms with Crippen LogP contribution in [0.5, 0.6) is 0 Å². The van der Waals surface area contributed by atoms with Gasteiger partial charge in [-0.2, -0.15) is 5.10 Å². The van der Waals surface area contributed by atoms with Crippen LogP contribution in [0, 0.1) is 5.92 Å². The molecule has 1 aliphatic carbocycles. The van der Waals surface area contributed by atoms with Gasteiger partial charge in [-0.1, -0.05) is 0 Å². The summed E-state index contributed by atoms with van der Waals surface area (Å²) in [5.41, 5.74) is 0.803. The molecular formula is C17H24N6O2. The van der Waals surface area contributed by atoms with E-state index in [-0.39, 0.29) is 24.0 Å². The summed E-state index contributed by atoms with van der Waals surface area (Å²) in [6.45, 7) is 6.93. The summed E-state index contributed by atoms with van der Waals surface area (Å²) in [5.74, 6) is 1.29. The Morgan fingerprint density at radius 1 is 1.28 bits per heavy atom. The van der Waals surface area contributed by atoms with Crippen molar-refractivity contribution in [1.29, 1.82) is 0 Å². The molecule has 2 aliphatic rings. The first-order chi connectivity index (χ1) is 12.1. The van der Waals surface area contributed by atoms with Gasteiger partial charge in [-0.3, -0.25) is 4.79 Å². The Kier molecular flexibility index (Phi) is 4.29. The lowest BCUT2D eigenvalue weighted by molar-refractivity contribution is -0.122. The highest BCUT2D eigenvalue weighted by Gasteiger charge is 2.29. The summed E-state index contributed by atoms with van der Waals surface area (Å²) < 4.78 is 7.64. The van der Waals surface area contributed by atoms with Crippen LogP contribution in [0.3, 0.4) is 0 Å². The number of amides is 1. The van der Waals surface area contributed by atoms with E-state index >= 15 is 0 Å². The van der Waals surface area contributed by atoms with E-state index in [0.717, 1.165) is 42.8 Å². The number of ether oxygens (including phenoxy) is 1. The monoisotopic (exact) mass is 344 g/mol. The number of hydrogen-bond acceptors (Lipinski definition) is 6. The number of nitrogens with zero attached hydrogens (tertiary/aromatic N) is 5. The summed E-state index contributed by atoms with van der Waals surface area (Å²) >= 11 is 0. The predicted octanol–water partition coefficient (Wildman–Crippen LogP) is 0.966. The van der Waals surface area contributed by atoms with Crippen LogP contribution in [0.25, 0.3) is 11.0 Å². The molecule has 3 heterocycles. The van der Waals surface area contributed by atoms with Gasteiger partial charge in [0.1, 0.15) is 12.1 Å². The number of rotatable bonds is 5. The van der Waals surface area contributed by atoms with Gasteiger partial charge in [0.05, 0.1) is 30.3 Å². The molecule has 0 aromatic carbocycles. The van der Waals surface area contributed by atoms with Crippen molar-refractivity contribution in [3.05, 3.63) is 12.5 Å². The second-order valence-electron chi connectivity index (χ2n) is 7.03. The third-order valence-electron chi connectivity index (χ3n) is 4.70. The Labute approximate surface area is 146 Å². The largest absolute Gasteiger partial charge is 0.372 e. The first-order valence-corrected chi connectivity index (χ1v) is 8.96. The molecule has 2 aromatic heterocycles. The highest BCUT2D eigenvalue weighted by atomic mass is 16.5. The fraction of sp³-hybridized carbons (Fsp3) is 0.647. The molecule has 8 heteroatoms. The Bertz CT molecular complexity index is 762. The van der Waals surface area contributed by atoms with E-state index in [1.165, 1.54) is 0 Å². The molecule has 2 unspecified atom stereocenters. The van der Waals surface area contributed by atoms with Gasteiger partial charge in [0, 0.05) is 25.6 Å². The molecule has 4 rings (SSSR count). The normalized spacial score (nSPS) is 23.8. The van der Waals surface area contributed by atoms with Crippen molar-refractivity contribution < 1.29 is 9.53 Å². The molecule has 134 valence electrons. The average Bonchev–Trinajstić information content (AvgIpc) is 3.35. The Morgan fingerprint density at radius 2 is 2.04 bits per heavy atom. The number of carbonyl (C=O) groups is 1. The Balaban J connectivity index is 1.50. The molecule has 0 spiro atoms. The average molecular weight is 344 g/mol. The minimum absolute atomic E-state index is 0.156. The van der Waals surface area contributed by atoms with Gasteiger partial charge in [0.15, 0.2) is 5.65 Å². The zero-order valence-electron chi connectivity index (χ0n) is 14.7. The third-order valence-corrected chi connectivity index (χ3v) is 4.70. The molecule has 1 saturated carbocycles. The van der Waals surface area contributed by atoms with Crippen LogP contribution in [0.4, 0.5) is 5.82 Å². The van der Waals surface area contributed by atoms with Gasteiger partial charge in [-0.05, 0) is 26.7 Å². The summed E-state index contributed by atoms with van der Waals surface area (Å²) in [5, 5.41) is 8.36. The summed E-state index contributed by atoms with van der Waals surface area (Å²) in [6, 6.07) is 0. The van der Waals surface area contributed by atoms with Crippen LogP contribution in [-0.4, -0.2) is 57.5 Å². The van der Waals surface area contributed by atoms with Crippen molar-refractivity contribution in [2.24, 2.45) is 5.92 Å². The standard InChI is InChI=1S/C17H24N6O2/c1-11-8-22(9-12(2)25-11)15-14-7-21-23(16(14)20-10-19-15)6-5-18-17(24)13-3-4-13/h7,10-13H,3-6,8-9H2,1-2H3,(H,18,24). The fourth-order valence-corrected chi connectivity index (χ4v) is 3.42. The number of aromatic nitrogens is 4. The fourth-order valence-electron chi connectivity index (χ4n) is 3.42. The van der Waals surface area contributed by atoms with E-state index in [4.69, 9.17) is 4.74 Å². The highest BCUT2D eigenvalue weighted by molar-refractivity contribution is 5.86. The third kappa shape index (κ3) is 3.44. The molecule has 2 fully saturated rings. The zero-order valence-corrected chi connectivity index (χ0v) is 14.7. The van der Waals surface area contributed by atoms with Crippen molar-refractivity contribution in [3.63, 3.8) is 0 Å². The number of nitrogens with one attached hydrogen (secondary N) is 1. The molecule has 0 radical (unpaired) electrons. The van der Waals surface area contributed by atoms with Gasteiger partial charge >= 0.3 is 0 Å². The minimum atomic E-state index is 0.156. The van der Waals surface area contributed by atoms with E-state index in [9.17, 15) is 4.79 Å². The number of fused-ring (bicyclic) bond motifs is 1. The van der Waals surface area contributed by atoms with Gasteiger partial charge in [0.2, 0.25) is 5.91 Å². The Morgan fingerprint density at radius 3 is 2.76 bits per heavy atom. The molecule has 1 amide bonds. The van der Waals surface area contributed by atoms with E-state index in [0.29, 0.717) is 13.1 Å². The smallest absolute Gasteiger partial charge is 0.223 e. The van der Waals surface area contributed by atoms with Crippen molar-refractivity contribution in [3.8, 4) is 0 Å². The van der Waals surface area contributed by atoms with Gasteiger partial charge in [0.25, 0.3) is 0 Å². The quantitative estimate of drug-likeness (QED) is 0.870. The van der Waals surface area contributed by atoms with E-state index < -0.39 is 0 Å². The predicted molar refractivity (Wildman–Crippen MR) is 93.3 cm³/mol. The molecule has 1 aliphatic heterocycles. The molecule has 25 heavy (non-hydrogen) atoms. The maximum Gasteiger partial charge on any atom is 0.223 e. The molecule has 2 atom stereocenters. The molecule has 0 bridgehead atoms. The number of hydrogen-bond donors (Lipinski definition) is 1. The lowest BCUT2D eigenvalue weighted by Gasteiger charge is -2.36. The van der Waals surface area contributed by atoms with Gasteiger partial charge in [-0.25, -0.2) is 14.6 Å². The van der Waals surface area contributed by atoms with Crippen molar-refractivity contribution >= 4 is 22.8 Å². The van der Waals surface area contributed by atoms with Crippen molar-refractivity contribution in [2.75, 3.05) is 24.5 Å². The number of anilines is 1. The summed E-state index contributed by atoms with van der Waals surface area (Å²) in [6.07, 6.45) is 5.78. The maximum atomic E-state index is 11.7. The molecular weight excluding hydrogens is 320 g/mol. The number of morpholine rings is 1. The van der Waals surface area contributed by atoms with Gasteiger partial charge < -0.3 is 15.0 Å². The lowest BCUT2D eigenvalue weighted by Crippen LogP contribution is -2.45. The number of carbonyl (C=O) groups excluding carboxylic acids is 1. The molecule has 1 N–H and O–H groups in total. The van der Waals surface area contributed by atoms with Crippen LogP contribution in [-0.2, 0) is 16.1 Å². The van der Waals surface area contributed by atoms with Crippen molar-refractivity contribution in [1.82, 2.24) is 25.1 Å². The van der Waals surface area contributed by atoms with Crippen LogP contribution in [0.15, 0.2) is 12.5 Å². The van der Waals surface area contributed by atoms with Crippen molar-refractivity contribution in [2.45, 2.75) is 45.4 Å². The highest BCUT2D eigenvalue weighted by Crippen LogP contribution is 2.28. The van der Waals surface area contributed by atoms with Crippen LogP contribution >= 0.6 is 0 Å². The van der Waals surface area contributed by atoms with Crippen LogP contribution < -0.4 is 10.2 Å². The van der Waals surface area contributed by atoms with Crippen LogP contribution in [0.1, 0.15) is 26.7 Å². The van der Waals surface area contributed by atoms with E-state index in [2.05, 4.69) is 39.1 Å². The Hall–Kier alpha value is -2.22.